The number of fused-ring (bicyclic) bond motifs is 1. The van der Waals surface area contributed by atoms with Crippen LogP contribution < -0.4 is 4.90 Å². The molecule has 4 heteroatoms. The number of para-hydroxylation sites is 1. The second kappa shape index (κ2) is 8.55. The van der Waals surface area contributed by atoms with Crippen molar-refractivity contribution in [1.82, 2.24) is 0 Å². The minimum atomic E-state index is -0.0122. The smallest absolute Gasteiger partial charge is 0.191 e. The van der Waals surface area contributed by atoms with Crippen LogP contribution in [-0.4, -0.2) is 18.4 Å². The Hall–Kier alpha value is -2.69. The molecule has 4 rings (SSSR count). The summed E-state index contributed by atoms with van der Waals surface area (Å²) in [4.78, 5) is 2.33. The quantitative estimate of drug-likeness (QED) is 0.546. The summed E-state index contributed by atoms with van der Waals surface area (Å²) in [6.07, 6.45) is 0.863. The van der Waals surface area contributed by atoms with E-state index in [1.54, 1.807) is 7.11 Å². The van der Waals surface area contributed by atoms with Gasteiger partial charge in [0.25, 0.3) is 0 Å². The third-order valence-corrected chi connectivity index (χ3v) is 5.48. The predicted molar refractivity (Wildman–Crippen MR) is 116 cm³/mol. The van der Waals surface area contributed by atoms with Crippen molar-refractivity contribution in [3.05, 3.63) is 101 Å². The van der Waals surface area contributed by atoms with Crippen molar-refractivity contribution in [2.75, 3.05) is 12.0 Å². The maximum atomic E-state index is 6.34. The summed E-state index contributed by atoms with van der Waals surface area (Å²) >= 11 is 5.40. The van der Waals surface area contributed by atoms with E-state index in [-0.39, 0.29) is 6.23 Å². The number of rotatable bonds is 6. The summed E-state index contributed by atoms with van der Waals surface area (Å²) in [5.74, 6) is 0. The molecule has 1 unspecified atom stereocenters. The Morgan fingerprint density at radius 2 is 1.68 bits per heavy atom. The van der Waals surface area contributed by atoms with Crippen molar-refractivity contribution in [2.45, 2.75) is 25.8 Å². The van der Waals surface area contributed by atoms with Gasteiger partial charge in [-0.25, -0.2) is 0 Å². The number of ether oxygens (including phenoxy) is 2. The Balaban J connectivity index is 1.59. The van der Waals surface area contributed by atoms with Gasteiger partial charge >= 0.3 is 0 Å². The molecule has 0 amide bonds. The van der Waals surface area contributed by atoms with Crippen molar-refractivity contribution >= 4 is 23.0 Å². The molecule has 0 radical (unpaired) electrons. The van der Waals surface area contributed by atoms with Gasteiger partial charge in [-0.3, -0.25) is 0 Å². The summed E-state index contributed by atoms with van der Waals surface area (Å²) in [7, 11) is 1.62. The molecule has 3 aromatic carbocycles. The lowest BCUT2D eigenvalue weighted by atomic mass is 10.1. The summed E-state index contributed by atoms with van der Waals surface area (Å²) in [5.41, 5.74) is 5.82. The zero-order valence-corrected chi connectivity index (χ0v) is 16.7. The SMILES string of the molecule is COC(=S)c1ccccc1CN1c2ccccc2CC1OCc1ccccc1. The first-order valence-electron chi connectivity index (χ1n) is 9.42. The molecule has 0 aromatic heterocycles. The highest BCUT2D eigenvalue weighted by molar-refractivity contribution is 7.80. The van der Waals surface area contributed by atoms with Gasteiger partial charge < -0.3 is 14.4 Å². The predicted octanol–water partition coefficient (Wildman–Crippen LogP) is 5.11. The molecule has 1 aliphatic heterocycles. The van der Waals surface area contributed by atoms with Crippen LogP contribution in [0.25, 0.3) is 0 Å². The highest BCUT2D eigenvalue weighted by Gasteiger charge is 2.30. The van der Waals surface area contributed by atoms with Crippen LogP contribution in [0, 0.1) is 0 Å². The summed E-state index contributed by atoms with van der Waals surface area (Å²) in [6.45, 7) is 1.31. The third-order valence-electron chi connectivity index (χ3n) is 5.09. The molecule has 1 atom stereocenters. The lowest BCUT2D eigenvalue weighted by molar-refractivity contribution is 0.0433. The fraction of sp³-hybridized carbons (Fsp3) is 0.208. The topological polar surface area (TPSA) is 21.7 Å². The van der Waals surface area contributed by atoms with Crippen LogP contribution in [0.4, 0.5) is 5.69 Å². The summed E-state index contributed by atoms with van der Waals surface area (Å²) in [5, 5.41) is 0.518. The van der Waals surface area contributed by atoms with Crippen LogP contribution in [0.1, 0.15) is 22.3 Å². The Morgan fingerprint density at radius 1 is 0.964 bits per heavy atom. The van der Waals surface area contributed by atoms with E-state index in [2.05, 4.69) is 47.4 Å². The Kier molecular flexibility index (Phi) is 5.70. The van der Waals surface area contributed by atoms with Gasteiger partial charge in [0.15, 0.2) is 5.05 Å². The zero-order valence-electron chi connectivity index (χ0n) is 15.9. The van der Waals surface area contributed by atoms with Gasteiger partial charge in [-0.15, -0.1) is 0 Å². The average molecular weight is 390 g/mol. The highest BCUT2D eigenvalue weighted by Crippen LogP contribution is 2.34. The molecule has 0 N–H and O–H groups in total. The van der Waals surface area contributed by atoms with Crippen molar-refractivity contribution in [1.29, 1.82) is 0 Å². The van der Waals surface area contributed by atoms with E-state index in [1.165, 1.54) is 16.8 Å². The summed E-state index contributed by atoms with van der Waals surface area (Å²) in [6, 6.07) is 27.0. The van der Waals surface area contributed by atoms with Crippen LogP contribution in [0.5, 0.6) is 0 Å². The van der Waals surface area contributed by atoms with E-state index < -0.39 is 0 Å². The Labute approximate surface area is 171 Å². The maximum absolute atomic E-state index is 6.34. The molecule has 3 aromatic rings. The summed E-state index contributed by atoms with van der Waals surface area (Å²) < 4.78 is 11.7. The molecule has 28 heavy (non-hydrogen) atoms. The van der Waals surface area contributed by atoms with E-state index in [1.807, 2.05) is 36.4 Å². The molecule has 0 spiro atoms. The van der Waals surface area contributed by atoms with E-state index in [0.29, 0.717) is 11.7 Å². The molecular weight excluding hydrogens is 366 g/mol. The molecular formula is C24H23NO2S. The Morgan fingerprint density at radius 3 is 2.50 bits per heavy atom. The van der Waals surface area contributed by atoms with Crippen molar-refractivity contribution in [3.8, 4) is 0 Å². The van der Waals surface area contributed by atoms with E-state index in [0.717, 1.165) is 24.1 Å². The fourth-order valence-corrected chi connectivity index (χ4v) is 3.87. The van der Waals surface area contributed by atoms with Crippen LogP contribution in [0.2, 0.25) is 0 Å². The van der Waals surface area contributed by atoms with Gasteiger partial charge in [-0.1, -0.05) is 66.7 Å². The van der Waals surface area contributed by atoms with Gasteiger partial charge in [-0.05, 0) is 41.0 Å². The van der Waals surface area contributed by atoms with Crippen molar-refractivity contribution in [3.63, 3.8) is 0 Å². The van der Waals surface area contributed by atoms with E-state index in [4.69, 9.17) is 21.7 Å². The zero-order chi connectivity index (χ0) is 19.3. The van der Waals surface area contributed by atoms with Gasteiger partial charge in [0, 0.05) is 24.2 Å². The minimum Gasteiger partial charge on any atom is -0.486 e. The molecule has 3 nitrogen and oxygen atoms in total. The van der Waals surface area contributed by atoms with E-state index in [9.17, 15) is 0 Å². The third kappa shape index (κ3) is 3.93. The molecule has 1 heterocycles. The molecule has 0 aliphatic carbocycles. The maximum Gasteiger partial charge on any atom is 0.191 e. The van der Waals surface area contributed by atoms with E-state index >= 15 is 0 Å². The first-order chi connectivity index (χ1) is 13.8. The van der Waals surface area contributed by atoms with Crippen molar-refractivity contribution in [2.24, 2.45) is 0 Å². The average Bonchev–Trinajstić information content (AvgIpc) is 3.10. The molecule has 0 saturated heterocycles. The number of hydrogen-bond donors (Lipinski definition) is 0. The lowest BCUT2D eigenvalue weighted by Gasteiger charge is -2.28. The number of nitrogens with zero attached hydrogens (tertiary/aromatic N) is 1. The lowest BCUT2D eigenvalue weighted by Crippen LogP contribution is -2.34. The number of methoxy groups -OCH3 is 1. The van der Waals surface area contributed by atoms with Crippen LogP contribution in [-0.2, 0) is 29.0 Å². The number of anilines is 1. The fourth-order valence-electron chi connectivity index (χ4n) is 3.67. The highest BCUT2D eigenvalue weighted by atomic mass is 32.1. The number of hydrogen-bond acceptors (Lipinski definition) is 4. The second-order valence-electron chi connectivity index (χ2n) is 6.86. The number of benzene rings is 3. The van der Waals surface area contributed by atoms with Gasteiger partial charge in [-0.2, -0.15) is 0 Å². The molecule has 0 fully saturated rings. The first kappa shape index (κ1) is 18.7. The normalized spacial score (nSPS) is 15.3. The molecule has 0 bridgehead atoms. The second-order valence-corrected chi connectivity index (χ2v) is 7.23. The van der Waals surface area contributed by atoms with Crippen LogP contribution >= 0.6 is 12.2 Å². The van der Waals surface area contributed by atoms with Crippen LogP contribution in [0.15, 0.2) is 78.9 Å². The molecule has 142 valence electrons. The molecule has 0 saturated carbocycles. The van der Waals surface area contributed by atoms with Crippen LogP contribution in [0.3, 0.4) is 0 Å². The number of thiocarbonyl (C=S) groups is 1. The first-order valence-corrected chi connectivity index (χ1v) is 9.83. The van der Waals surface area contributed by atoms with Gasteiger partial charge in [0.1, 0.15) is 6.23 Å². The van der Waals surface area contributed by atoms with Gasteiger partial charge in [0.2, 0.25) is 0 Å². The monoisotopic (exact) mass is 389 g/mol. The van der Waals surface area contributed by atoms with Gasteiger partial charge in [0.05, 0.1) is 13.7 Å². The van der Waals surface area contributed by atoms with Crippen molar-refractivity contribution < 1.29 is 9.47 Å². The minimum absolute atomic E-state index is 0.0122. The Bertz CT molecular complexity index is 958. The molecule has 1 aliphatic rings. The largest absolute Gasteiger partial charge is 0.486 e. The standard InChI is InChI=1S/C24H23NO2S/c1-26-24(28)21-13-7-5-12-20(21)16-25-22-14-8-6-11-19(22)15-23(25)27-17-18-9-3-2-4-10-18/h2-14,23H,15-17H2,1H3.